The van der Waals surface area contributed by atoms with Crippen LogP contribution in [-0.2, 0) is 0 Å². The molecule has 1 unspecified atom stereocenters. The minimum Gasteiger partial charge on any atom is -0.370 e. The third-order valence-electron chi connectivity index (χ3n) is 4.68. The maximum absolute atomic E-state index is 6.30. The van der Waals surface area contributed by atoms with Crippen LogP contribution in [0.1, 0.15) is 30.0 Å². The molecule has 3 heteroatoms. The Hall–Kier alpha value is -1.51. The normalized spacial score (nSPS) is 21.3. The first-order chi connectivity index (χ1) is 10.8. The van der Waals surface area contributed by atoms with Gasteiger partial charge in [0.25, 0.3) is 0 Å². The Morgan fingerprint density at radius 3 is 2.68 bits per heavy atom. The van der Waals surface area contributed by atoms with Crippen molar-refractivity contribution in [2.24, 2.45) is 5.92 Å². The summed E-state index contributed by atoms with van der Waals surface area (Å²) in [5.74, 6) is 0.886. The standard InChI is InChI=1S/C19H21ClN2/c20-16-8-9-18-17(12-16)19(15-4-2-1-3-5-15)21-10-11-22(18)13-14-6-7-14/h1-5,8-9,12,14,19,21H,6-7,10-11,13H2. The van der Waals surface area contributed by atoms with Crippen molar-refractivity contribution in [3.05, 3.63) is 64.7 Å². The Kier molecular flexibility index (Phi) is 3.81. The molecule has 1 aliphatic heterocycles. The van der Waals surface area contributed by atoms with Gasteiger partial charge in [-0.05, 0) is 48.1 Å². The van der Waals surface area contributed by atoms with E-state index in [0.717, 1.165) is 24.0 Å². The second kappa shape index (κ2) is 5.94. The molecular weight excluding hydrogens is 292 g/mol. The van der Waals surface area contributed by atoms with Crippen molar-refractivity contribution in [1.82, 2.24) is 5.32 Å². The van der Waals surface area contributed by atoms with E-state index in [4.69, 9.17) is 11.6 Å². The predicted octanol–water partition coefficient (Wildman–Crippen LogP) is 4.25. The fourth-order valence-corrected chi connectivity index (χ4v) is 3.54. The smallest absolute Gasteiger partial charge is 0.0598 e. The highest BCUT2D eigenvalue weighted by molar-refractivity contribution is 6.30. The van der Waals surface area contributed by atoms with Gasteiger partial charge in [0.15, 0.2) is 0 Å². The molecule has 0 spiro atoms. The molecule has 114 valence electrons. The third-order valence-corrected chi connectivity index (χ3v) is 4.91. The van der Waals surface area contributed by atoms with Gasteiger partial charge in [-0.15, -0.1) is 0 Å². The lowest BCUT2D eigenvalue weighted by atomic mass is 9.97. The zero-order valence-corrected chi connectivity index (χ0v) is 13.4. The van der Waals surface area contributed by atoms with Gasteiger partial charge in [-0.3, -0.25) is 0 Å². The van der Waals surface area contributed by atoms with E-state index >= 15 is 0 Å². The number of rotatable bonds is 3. The number of halogens is 1. The minimum atomic E-state index is 0.221. The van der Waals surface area contributed by atoms with Gasteiger partial charge in [-0.25, -0.2) is 0 Å². The van der Waals surface area contributed by atoms with E-state index in [1.807, 2.05) is 6.07 Å². The second-order valence-electron chi connectivity index (χ2n) is 6.39. The number of hydrogen-bond acceptors (Lipinski definition) is 2. The Bertz CT molecular complexity index is 652. The van der Waals surface area contributed by atoms with Crippen LogP contribution in [0, 0.1) is 5.92 Å². The molecule has 2 aliphatic rings. The average molecular weight is 313 g/mol. The summed E-state index contributed by atoms with van der Waals surface area (Å²) >= 11 is 6.30. The van der Waals surface area contributed by atoms with Crippen molar-refractivity contribution in [2.75, 3.05) is 24.5 Å². The Labute approximate surface area is 137 Å². The van der Waals surface area contributed by atoms with E-state index in [2.05, 4.69) is 52.7 Å². The summed E-state index contributed by atoms with van der Waals surface area (Å²) in [4.78, 5) is 2.54. The molecule has 0 saturated heterocycles. The highest BCUT2D eigenvalue weighted by atomic mass is 35.5. The Morgan fingerprint density at radius 1 is 1.09 bits per heavy atom. The summed E-state index contributed by atoms with van der Waals surface area (Å²) in [5, 5.41) is 4.52. The van der Waals surface area contributed by atoms with Crippen molar-refractivity contribution in [2.45, 2.75) is 18.9 Å². The van der Waals surface area contributed by atoms with Crippen LogP contribution in [-0.4, -0.2) is 19.6 Å². The number of hydrogen-bond donors (Lipinski definition) is 1. The van der Waals surface area contributed by atoms with Gasteiger partial charge in [0.1, 0.15) is 0 Å². The molecule has 2 aromatic carbocycles. The largest absolute Gasteiger partial charge is 0.370 e. The van der Waals surface area contributed by atoms with Gasteiger partial charge in [0.2, 0.25) is 0 Å². The molecule has 22 heavy (non-hydrogen) atoms. The first-order valence-corrected chi connectivity index (χ1v) is 8.52. The van der Waals surface area contributed by atoms with Gasteiger partial charge in [0, 0.05) is 30.3 Å². The van der Waals surface area contributed by atoms with Crippen molar-refractivity contribution < 1.29 is 0 Å². The fraction of sp³-hybridized carbons (Fsp3) is 0.368. The van der Waals surface area contributed by atoms with Crippen molar-refractivity contribution in [3.8, 4) is 0 Å². The van der Waals surface area contributed by atoms with E-state index in [-0.39, 0.29) is 6.04 Å². The topological polar surface area (TPSA) is 15.3 Å². The Morgan fingerprint density at radius 2 is 1.91 bits per heavy atom. The molecule has 0 bridgehead atoms. The predicted molar refractivity (Wildman–Crippen MR) is 92.7 cm³/mol. The summed E-state index contributed by atoms with van der Waals surface area (Å²) < 4.78 is 0. The van der Waals surface area contributed by atoms with E-state index in [1.165, 1.54) is 36.2 Å². The van der Waals surface area contributed by atoms with Crippen LogP contribution >= 0.6 is 11.6 Å². The van der Waals surface area contributed by atoms with Crippen LogP contribution in [0.4, 0.5) is 5.69 Å². The molecule has 0 radical (unpaired) electrons. The third kappa shape index (κ3) is 2.86. The lowest BCUT2D eigenvalue weighted by molar-refractivity contribution is 0.615. The average Bonchev–Trinajstić information content (AvgIpc) is 3.36. The molecular formula is C19H21ClN2. The highest BCUT2D eigenvalue weighted by Gasteiger charge is 2.29. The van der Waals surface area contributed by atoms with Gasteiger partial charge in [-0.1, -0.05) is 41.9 Å². The molecule has 4 rings (SSSR count). The first-order valence-electron chi connectivity index (χ1n) is 8.14. The zero-order valence-electron chi connectivity index (χ0n) is 12.6. The zero-order chi connectivity index (χ0) is 14.9. The van der Waals surface area contributed by atoms with E-state index < -0.39 is 0 Å². The molecule has 1 N–H and O–H groups in total. The lowest BCUT2D eigenvalue weighted by Crippen LogP contribution is -2.31. The second-order valence-corrected chi connectivity index (χ2v) is 6.83. The number of nitrogens with zero attached hydrogens (tertiary/aromatic N) is 1. The summed E-state index contributed by atoms with van der Waals surface area (Å²) in [6.45, 7) is 3.24. The van der Waals surface area contributed by atoms with Crippen LogP contribution < -0.4 is 10.2 Å². The molecule has 2 nitrogen and oxygen atoms in total. The summed E-state index contributed by atoms with van der Waals surface area (Å²) in [6, 6.07) is 17.2. The SMILES string of the molecule is Clc1ccc2c(c1)C(c1ccccc1)NCCN2CC1CC1. The van der Waals surface area contributed by atoms with E-state index in [9.17, 15) is 0 Å². The van der Waals surface area contributed by atoms with Crippen molar-refractivity contribution >= 4 is 17.3 Å². The van der Waals surface area contributed by atoms with Crippen LogP contribution in [0.25, 0.3) is 0 Å². The highest BCUT2D eigenvalue weighted by Crippen LogP contribution is 2.37. The molecule has 0 amide bonds. The summed E-state index contributed by atoms with van der Waals surface area (Å²) in [6.07, 6.45) is 2.77. The van der Waals surface area contributed by atoms with E-state index in [1.54, 1.807) is 0 Å². The molecule has 1 aliphatic carbocycles. The quantitative estimate of drug-likeness (QED) is 0.911. The van der Waals surface area contributed by atoms with E-state index in [0.29, 0.717) is 0 Å². The van der Waals surface area contributed by atoms with Gasteiger partial charge in [-0.2, -0.15) is 0 Å². The van der Waals surface area contributed by atoms with Gasteiger partial charge < -0.3 is 10.2 Å². The number of nitrogens with one attached hydrogen (secondary N) is 1. The fourth-order valence-electron chi connectivity index (χ4n) is 3.36. The lowest BCUT2D eigenvalue weighted by Gasteiger charge is -2.25. The molecule has 1 fully saturated rings. The van der Waals surface area contributed by atoms with Gasteiger partial charge >= 0.3 is 0 Å². The molecule has 0 aromatic heterocycles. The number of fused-ring (bicyclic) bond motifs is 1. The maximum Gasteiger partial charge on any atom is 0.0598 e. The van der Waals surface area contributed by atoms with Crippen LogP contribution in [0.15, 0.2) is 48.5 Å². The molecule has 2 aromatic rings. The number of anilines is 1. The number of benzene rings is 2. The van der Waals surface area contributed by atoms with Crippen molar-refractivity contribution in [1.29, 1.82) is 0 Å². The van der Waals surface area contributed by atoms with Gasteiger partial charge in [0.05, 0.1) is 6.04 Å². The monoisotopic (exact) mass is 312 g/mol. The Balaban J connectivity index is 1.75. The first kappa shape index (κ1) is 14.1. The van der Waals surface area contributed by atoms with Crippen LogP contribution in [0.5, 0.6) is 0 Å². The molecule has 1 atom stereocenters. The maximum atomic E-state index is 6.30. The summed E-state index contributed by atoms with van der Waals surface area (Å²) in [5.41, 5.74) is 3.95. The van der Waals surface area contributed by atoms with Crippen LogP contribution in [0.3, 0.4) is 0 Å². The van der Waals surface area contributed by atoms with Crippen molar-refractivity contribution in [3.63, 3.8) is 0 Å². The summed E-state index contributed by atoms with van der Waals surface area (Å²) in [7, 11) is 0. The van der Waals surface area contributed by atoms with Crippen LogP contribution in [0.2, 0.25) is 5.02 Å². The molecule has 1 heterocycles. The molecule has 1 saturated carbocycles. The minimum absolute atomic E-state index is 0.221.